The van der Waals surface area contributed by atoms with Crippen LogP contribution >= 0.6 is 0 Å². The van der Waals surface area contributed by atoms with Gasteiger partial charge in [-0.05, 0) is 24.6 Å². The van der Waals surface area contributed by atoms with Gasteiger partial charge in [0.05, 0.1) is 0 Å². The summed E-state index contributed by atoms with van der Waals surface area (Å²) in [5.74, 6) is -1.94. The minimum Gasteiger partial charge on any atom is -0.507 e. The minimum atomic E-state index is -1.25. The molecule has 0 bridgehead atoms. The topological polar surface area (TPSA) is 86.6 Å². The zero-order valence-corrected chi connectivity index (χ0v) is 10.1. The fourth-order valence-electron chi connectivity index (χ4n) is 1.42. The van der Waals surface area contributed by atoms with E-state index in [-0.39, 0.29) is 17.2 Å². The summed E-state index contributed by atoms with van der Waals surface area (Å²) in [7, 11) is 0. The van der Waals surface area contributed by atoms with Gasteiger partial charge in [0, 0.05) is 11.3 Å². The van der Waals surface area contributed by atoms with Crippen LogP contribution in [0.3, 0.4) is 0 Å². The first-order valence-electron chi connectivity index (χ1n) is 5.51. The van der Waals surface area contributed by atoms with Gasteiger partial charge in [-0.15, -0.1) is 0 Å². The maximum absolute atomic E-state index is 11.6. The third-order valence-electron chi connectivity index (χ3n) is 2.36. The Bertz CT molecular complexity index is 494. The summed E-state index contributed by atoms with van der Waals surface area (Å²) in [4.78, 5) is 22.5. The summed E-state index contributed by atoms with van der Waals surface area (Å²) in [6.07, 6.45) is 1.39. The van der Waals surface area contributed by atoms with E-state index < -0.39 is 5.97 Å². The lowest BCUT2D eigenvalue weighted by atomic mass is 10.1. The quantitative estimate of drug-likeness (QED) is 0.552. The molecule has 0 saturated heterocycles. The number of carbonyl (C=O) groups excluding carboxylic acids is 1. The van der Waals surface area contributed by atoms with Gasteiger partial charge in [-0.1, -0.05) is 19.9 Å². The van der Waals surface area contributed by atoms with Crippen LogP contribution in [0.1, 0.15) is 30.1 Å². The number of hydrogen-bond donors (Lipinski definition) is 3. The van der Waals surface area contributed by atoms with Crippen molar-refractivity contribution >= 4 is 17.6 Å². The third-order valence-corrected chi connectivity index (χ3v) is 2.36. The first kappa shape index (κ1) is 13.8. The Balaban J connectivity index is 2.86. The molecule has 0 fully saturated rings. The van der Waals surface area contributed by atoms with Crippen molar-refractivity contribution in [3.8, 4) is 5.75 Å². The average molecular weight is 249 g/mol. The fraction of sp³-hybridized carbons (Fsp3) is 0.231. The van der Waals surface area contributed by atoms with Gasteiger partial charge < -0.3 is 15.5 Å². The van der Waals surface area contributed by atoms with E-state index in [0.717, 1.165) is 6.42 Å². The first-order valence-corrected chi connectivity index (χ1v) is 5.51. The number of carbonyl (C=O) groups is 2. The number of carboxylic acids is 1. The van der Waals surface area contributed by atoms with Crippen LogP contribution in [-0.4, -0.2) is 22.1 Å². The van der Waals surface area contributed by atoms with Crippen LogP contribution in [0.15, 0.2) is 30.4 Å². The van der Waals surface area contributed by atoms with Crippen LogP contribution in [0.25, 0.3) is 0 Å². The number of aromatic hydroxyl groups is 1. The zero-order valence-electron chi connectivity index (χ0n) is 10.1. The van der Waals surface area contributed by atoms with Crippen LogP contribution in [0, 0.1) is 0 Å². The Hall–Kier alpha value is -2.30. The highest BCUT2D eigenvalue weighted by Gasteiger charge is 2.12. The highest BCUT2D eigenvalue weighted by atomic mass is 16.4. The molecule has 1 aromatic rings. The van der Waals surface area contributed by atoms with Crippen molar-refractivity contribution in [2.45, 2.75) is 19.8 Å². The van der Waals surface area contributed by atoms with Crippen molar-refractivity contribution in [3.05, 3.63) is 35.9 Å². The van der Waals surface area contributed by atoms with E-state index in [2.05, 4.69) is 11.9 Å². The van der Waals surface area contributed by atoms with Crippen molar-refractivity contribution in [1.29, 1.82) is 0 Å². The Morgan fingerprint density at radius 1 is 1.39 bits per heavy atom. The van der Waals surface area contributed by atoms with Gasteiger partial charge in [0.2, 0.25) is 0 Å². The average Bonchev–Trinajstić information content (AvgIpc) is 2.31. The largest absolute Gasteiger partial charge is 0.507 e. The number of rotatable bonds is 5. The molecule has 0 radical (unpaired) electrons. The molecule has 0 aromatic heterocycles. The van der Waals surface area contributed by atoms with Crippen LogP contribution in [0.5, 0.6) is 5.75 Å². The Morgan fingerprint density at radius 3 is 2.61 bits per heavy atom. The van der Waals surface area contributed by atoms with Crippen molar-refractivity contribution in [2.24, 2.45) is 0 Å². The molecule has 0 aliphatic heterocycles. The monoisotopic (exact) mass is 249 g/mol. The highest BCUT2D eigenvalue weighted by molar-refractivity contribution is 6.04. The van der Waals surface area contributed by atoms with Crippen molar-refractivity contribution in [1.82, 2.24) is 0 Å². The van der Waals surface area contributed by atoms with Crippen molar-refractivity contribution < 1.29 is 19.8 Å². The summed E-state index contributed by atoms with van der Waals surface area (Å²) < 4.78 is 0. The lowest BCUT2D eigenvalue weighted by Gasteiger charge is -2.08. The van der Waals surface area contributed by atoms with Gasteiger partial charge in [0.25, 0.3) is 5.91 Å². The predicted octanol–water partition coefficient (Wildman–Crippen LogP) is 2.39. The standard InChI is InChI=1S/C13H15NO4/c1-3-4-8(2)12(16)14-9-5-6-11(15)10(7-9)13(17)18/h5-7,15H,2-4H2,1H3,(H,14,16)(H,17,18). The molecule has 18 heavy (non-hydrogen) atoms. The SMILES string of the molecule is C=C(CCC)C(=O)Nc1ccc(O)c(C(=O)O)c1. The lowest BCUT2D eigenvalue weighted by Crippen LogP contribution is -2.14. The van der Waals surface area contributed by atoms with E-state index in [9.17, 15) is 14.7 Å². The molecule has 5 nitrogen and oxygen atoms in total. The Kier molecular flexibility index (Phi) is 4.48. The molecule has 1 amide bonds. The van der Waals surface area contributed by atoms with E-state index in [1.165, 1.54) is 18.2 Å². The molecule has 1 aromatic carbocycles. The van der Waals surface area contributed by atoms with Gasteiger partial charge in [-0.3, -0.25) is 4.79 Å². The second kappa shape index (κ2) is 5.86. The van der Waals surface area contributed by atoms with E-state index >= 15 is 0 Å². The number of aromatic carboxylic acids is 1. The molecule has 0 unspecified atom stereocenters. The number of anilines is 1. The second-order valence-electron chi connectivity index (χ2n) is 3.84. The molecule has 1 rings (SSSR count). The van der Waals surface area contributed by atoms with Crippen LogP contribution < -0.4 is 5.32 Å². The van der Waals surface area contributed by atoms with Gasteiger partial charge in [0.1, 0.15) is 11.3 Å². The van der Waals surface area contributed by atoms with E-state index in [1.807, 2.05) is 6.92 Å². The fourth-order valence-corrected chi connectivity index (χ4v) is 1.42. The molecule has 96 valence electrons. The molecule has 0 aliphatic carbocycles. The summed E-state index contributed by atoms with van der Waals surface area (Å²) in [5.41, 5.74) is 0.490. The summed E-state index contributed by atoms with van der Waals surface area (Å²) >= 11 is 0. The highest BCUT2D eigenvalue weighted by Crippen LogP contribution is 2.21. The number of carboxylic acid groups (broad SMARTS) is 1. The molecule has 0 spiro atoms. The molecular weight excluding hydrogens is 234 g/mol. The number of nitrogens with one attached hydrogen (secondary N) is 1. The summed E-state index contributed by atoms with van der Waals surface area (Å²) in [5, 5.41) is 20.7. The van der Waals surface area contributed by atoms with Crippen LogP contribution in [0.2, 0.25) is 0 Å². The maximum Gasteiger partial charge on any atom is 0.339 e. The number of hydrogen-bond acceptors (Lipinski definition) is 3. The van der Waals surface area contributed by atoms with Gasteiger partial charge in [-0.25, -0.2) is 4.79 Å². The van der Waals surface area contributed by atoms with Crippen molar-refractivity contribution in [2.75, 3.05) is 5.32 Å². The molecule has 0 atom stereocenters. The Labute approximate surface area is 105 Å². The van der Waals surface area contributed by atoms with Gasteiger partial charge in [-0.2, -0.15) is 0 Å². The van der Waals surface area contributed by atoms with Gasteiger partial charge in [0.15, 0.2) is 0 Å². The molecule has 0 heterocycles. The van der Waals surface area contributed by atoms with E-state index in [1.54, 1.807) is 0 Å². The third kappa shape index (κ3) is 3.35. The summed E-state index contributed by atoms with van der Waals surface area (Å²) in [6, 6.07) is 3.86. The smallest absolute Gasteiger partial charge is 0.339 e. The van der Waals surface area contributed by atoms with E-state index in [0.29, 0.717) is 17.7 Å². The van der Waals surface area contributed by atoms with E-state index in [4.69, 9.17) is 5.11 Å². The van der Waals surface area contributed by atoms with Crippen molar-refractivity contribution in [3.63, 3.8) is 0 Å². The van der Waals surface area contributed by atoms with Crippen LogP contribution in [-0.2, 0) is 4.79 Å². The number of phenols is 1. The Morgan fingerprint density at radius 2 is 2.06 bits per heavy atom. The molecule has 5 heteroatoms. The normalized spacial score (nSPS) is 9.83. The number of benzene rings is 1. The summed E-state index contributed by atoms with van der Waals surface area (Å²) in [6.45, 7) is 5.57. The molecule has 0 saturated carbocycles. The molecule has 3 N–H and O–H groups in total. The number of amides is 1. The van der Waals surface area contributed by atoms with Gasteiger partial charge >= 0.3 is 5.97 Å². The minimum absolute atomic E-state index is 0.256. The van der Waals surface area contributed by atoms with Crippen LogP contribution in [0.4, 0.5) is 5.69 Å². The zero-order chi connectivity index (χ0) is 13.7. The molecular formula is C13H15NO4. The maximum atomic E-state index is 11.6. The lowest BCUT2D eigenvalue weighted by molar-refractivity contribution is -0.113. The first-order chi connectivity index (χ1) is 8.45. The second-order valence-corrected chi connectivity index (χ2v) is 3.84. The molecule has 0 aliphatic rings. The predicted molar refractivity (Wildman–Crippen MR) is 67.7 cm³/mol.